The van der Waals surface area contributed by atoms with E-state index in [1.807, 2.05) is 6.08 Å². The van der Waals surface area contributed by atoms with Gasteiger partial charge >= 0.3 is 0 Å². The van der Waals surface area contributed by atoms with Crippen LogP contribution in [0.25, 0.3) is 0 Å². The molecule has 2 rings (SSSR count). The normalized spacial score (nSPS) is 23.2. The Labute approximate surface area is 85.1 Å². The average Bonchev–Trinajstić information content (AvgIpc) is 2.68. The van der Waals surface area contributed by atoms with E-state index in [4.69, 9.17) is 0 Å². The maximum Gasteiger partial charge on any atom is 0.177 e. The van der Waals surface area contributed by atoms with Gasteiger partial charge in [-0.1, -0.05) is 19.3 Å². The molecule has 0 saturated heterocycles. The van der Waals surface area contributed by atoms with E-state index < -0.39 is 0 Å². The summed E-state index contributed by atoms with van der Waals surface area (Å²) in [5.41, 5.74) is 1.94. The van der Waals surface area contributed by atoms with Crippen LogP contribution in [0.15, 0.2) is 16.8 Å². The van der Waals surface area contributed by atoms with E-state index in [9.17, 15) is 4.79 Å². The zero-order valence-corrected chi connectivity index (χ0v) is 8.75. The quantitative estimate of drug-likeness (QED) is 0.660. The summed E-state index contributed by atoms with van der Waals surface area (Å²) >= 11 is 0. The minimum absolute atomic E-state index is 0.107. The third-order valence-electron chi connectivity index (χ3n) is 3.21. The molecule has 0 amide bonds. The highest BCUT2D eigenvalue weighted by Gasteiger charge is 2.22. The molecule has 2 nitrogen and oxygen atoms in total. The Balaban J connectivity index is 2.01. The van der Waals surface area contributed by atoms with Crippen molar-refractivity contribution in [2.75, 3.05) is 0 Å². The summed E-state index contributed by atoms with van der Waals surface area (Å²) in [6.45, 7) is 1.60. The number of allylic oxidation sites excluding steroid dienone is 2. The molecule has 1 aliphatic carbocycles. The highest BCUT2D eigenvalue weighted by Crippen LogP contribution is 2.29. The standard InChI is InChI=1S/C12H17NO/c1-9(14)11-7-8-12(13-11)10-5-3-2-4-6-10/h7,10H,2-6,8H2,1H3. The summed E-state index contributed by atoms with van der Waals surface area (Å²) in [6.07, 6.45) is 9.48. The van der Waals surface area contributed by atoms with Gasteiger partial charge in [0, 0.05) is 19.1 Å². The highest BCUT2D eigenvalue weighted by molar-refractivity contribution is 6.01. The van der Waals surface area contributed by atoms with Gasteiger partial charge in [-0.05, 0) is 24.8 Å². The summed E-state index contributed by atoms with van der Waals surface area (Å²) in [4.78, 5) is 15.5. The molecular formula is C12H17NO. The lowest BCUT2D eigenvalue weighted by atomic mass is 9.85. The first kappa shape index (κ1) is 9.63. The fraction of sp³-hybridized carbons (Fsp3) is 0.667. The lowest BCUT2D eigenvalue weighted by molar-refractivity contribution is -0.113. The number of Topliss-reactive ketones (excluding diaryl/α,β-unsaturated/α-hetero) is 1. The van der Waals surface area contributed by atoms with Crippen molar-refractivity contribution in [1.29, 1.82) is 0 Å². The highest BCUT2D eigenvalue weighted by atomic mass is 16.1. The van der Waals surface area contributed by atoms with Crippen molar-refractivity contribution in [2.45, 2.75) is 45.4 Å². The van der Waals surface area contributed by atoms with Crippen molar-refractivity contribution >= 4 is 11.5 Å². The second-order valence-electron chi connectivity index (χ2n) is 4.29. The number of nitrogens with zero attached hydrogens (tertiary/aromatic N) is 1. The van der Waals surface area contributed by atoms with Crippen LogP contribution in [0.4, 0.5) is 0 Å². The second-order valence-corrected chi connectivity index (χ2v) is 4.29. The van der Waals surface area contributed by atoms with Gasteiger partial charge in [-0.3, -0.25) is 9.79 Å². The van der Waals surface area contributed by atoms with Gasteiger partial charge in [0.05, 0.1) is 0 Å². The van der Waals surface area contributed by atoms with Crippen molar-refractivity contribution < 1.29 is 4.79 Å². The van der Waals surface area contributed by atoms with E-state index in [-0.39, 0.29) is 5.78 Å². The lowest BCUT2D eigenvalue weighted by Crippen LogP contribution is -2.15. The Morgan fingerprint density at radius 2 is 2.07 bits per heavy atom. The van der Waals surface area contributed by atoms with Crippen LogP contribution >= 0.6 is 0 Å². The van der Waals surface area contributed by atoms with Crippen molar-refractivity contribution in [3.63, 3.8) is 0 Å². The molecule has 1 fully saturated rings. The Kier molecular flexibility index (Phi) is 2.80. The van der Waals surface area contributed by atoms with E-state index in [0.717, 1.165) is 6.42 Å². The average molecular weight is 191 g/mol. The Morgan fingerprint density at radius 1 is 1.36 bits per heavy atom. The van der Waals surface area contributed by atoms with Crippen molar-refractivity contribution in [3.8, 4) is 0 Å². The van der Waals surface area contributed by atoms with Gasteiger partial charge in [-0.25, -0.2) is 0 Å². The third kappa shape index (κ3) is 1.94. The van der Waals surface area contributed by atoms with Gasteiger partial charge in [0.25, 0.3) is 0 Å². The molecule has 1 aliphatic heterocycles. The van der Waals surface area contributed by atoms with Crippen molar-refractivity contribution in [2.24, 2.45) is 10.9 Å². The third-order valence-corrected chi connectivity index (χ3v) is 3.21. The molecular weight excluding hydrogens is 174 g/mol. The van der Waals surface area contributed by atoms with Crippen LogP contribution in [0.1, 0.15) is 45.4 Å². The van der Waals surface area contributed by atoms with Gasteiger partial charge in [0.1, 0.15) is 5.70 Å². The molecule has 0 spiro atoms. The lowest BCUT2D eigenvalue weighted by Gasteiger charge is -2.21. The van der Waals surface area contributed by atoms with Crippen LogP contribution in [-0.2, 0) is 4.79 Å². The molecule has 14 heavy (non-hydrogen) atoms. The minimum atomic E-state index is 0.107. The minimum Gasteiger partial charge on any atom is -0.293 e. The van der Waals surface area contributed by atoms with E-state index in [1.54, 1.807) is 6.92 Å². The van der Waals surface area contributed by atoms with Crippen LogP contribution in [-0.4, -0.2) is 11.5 Å². The zero-order valence-electron chi connectivity index (χ0n) is 8.75. The molecule has 2 heteroatoms. The first-order valence-corrected chi connectivity index (χ1v) is 5.56. The summed E-state index contributed by atoms with van der Waals surface area (Å²) in [5, 5.41) is 0. The second kappa shape index (κ2) is 4.07. The smallest absolute Gasteiger partial charge is 0.177 e. The van der Waals surface area contributed by atoms with E-state index >= 15 is 0 Å². The van der Waals surface area contributed by atoms with Crippen molar-refractivity contribution in [1.82, 2.24) is 0 Å². The van der Waals surface area contributed by atoms with E-state index in [2.05, 4.69) is 4.99 Å². The van der Waals surface area contributed by atoms with Crippen LogP contribution < -0.4 is 0 Å². The summed E-state index contributed by atoms with van der Waals surface area (Å²) in [7, 11) is 0. The number of hydrogen-bond acceptors (Lipinski definition) is 2. The summed E-state index contributed by atoms with van der Waals surface area (Å²) in [5.74, 6) is 0.771. The first-order valence-electron chi connectivity index (χ1n) is 5.56. The summed E-state index contributed by atoms with van der Waals surface area (Å²) < 4.78 is 0. The van der Waals surface area contributed by atoms with Crippen molar-refractivity contribution in [3.05, 3.63) is 11.8 Å². The number of carbonyl (C=O) groups excluding carboxylic acids is 1. The van der Waals surface area contributed by atoms with E-state index in [1.165, 1.54) is 37.8 Å². The van der Waals surface area contributed by atoms with Gasteiger partial charge in [0.2, 0.25) is 0 Å². The SMILES string of the molecule is CC(=O)C1=CCC(C2CCCCC2)=N1. The molecule has 1 heterocycles. The van der Waals surface area contributed by atoms with Crippen LogP contribution in [0.2, 0.25) is 0 Å². The van der Waals surface area contributed by atoms with Gasteiger partial charge in [0.15, 0.2) is 5.78 Å². The first-order chi connectivity index (χ1) is 6.77. The van der Waals surface area contributed by atoms with Gasteiger partial charge in [-0.15, -0.1) is 0 Å². The maximum atomic E-state index is 11.1. The molecule has 0 bridgehead atoms. The van der Waals surface area contributed by atoms with Crippen LogP contribution in [0.5, 0.6) is 0 Å². The molecule has 76 valence electrons. The predicted octanol–water partition coefficient (Wildman–Crippen LogP) is 2.88. The topological polar surface area (TPSA) is 29.4 Å². The number of aliphatic imine (C=N–C) groups is 1. The molecule has 0 aromatic rings. The number of ketones is 1. The van der Waals surface area contributed by atoms with Crippen LogP contribution in [0.3, 0.4) is 0 Å². The Morgan fingerprint density at radius 3 is 2.64 bits per heavy atom. The summed E-state index contributed by atoms with van der Waals surface area (Å²) in [6, 6.07) is 0. The number of hydrogen-bond donors (Lipinski definition) is 0. The molecule has 0 N–H and O–H groups in total. The molecule has 0 aromatic heterocycles. The van der Waals surface area contributed by atoms with E-state index in [0.29, 0.717) is 11.6 Å². The monoisotopic (exact) mass is 191 g/mol. The molecule has 1 saturated carbocycles. The predicted molar refractivity (Wildman–Crippen MR) is 57.4 cm³/mol. The zero-order chi connectivity index (χ0) is 9.97. The largest absolute Gasteiger partial charge is 0.293 e. The number of rotatable bonds is 2. The molecule has 0 unspecified atom stereocenters. The fourth-order valence-electron chi connectivity index (χ4n) is 2.36. The fourth-order valence-corrected chi connectivity index (χ4v) is 2.36. The van der Waals surface area contributed by atoms with Gasteiger partial charge in [-0.2, -0.15) is 0 Å². The maximum absolute atomic E-state index is 11.1. The molecule has 2 aliphatic rings. The van der Waals surface area contributed by atoms with Crippen LogP contribution in [0, 0.1) is 5.92 Å². The number of carbonyl (C=O) groups is 1. The molecule has 0 atom stereocenters. The molecule has 0 aromatic carbocycles. The molecule has 0 radical (unpaired) electrons. The van der Waals surface area contributed by atoms with Gasteiger partial charge < -0.3 is 0 Å². The Hall–Kier alpha value is -0.920. The Bertz CT molecular complexity index is 295.